The second kappa shape index (κ2) is 13.9. The van der Waals surface area contributed by atoms with E-state index in [-0.39, 0.29) is 29.9 Å². The van der Waals surface area contributed by atoms with Gasteiger partial charge in [0.2, 0.25) is 0 Å². The molecule has 0 bridgehead atoms. The number of aliphatic hydroxyl groups is 1. The van der Waals surface area contributed by atoms with E-state index in [2.05, 4.69) is 0 Å². The molecule has 2 heterocycles. The predicted molar refractivity (Wildman–Crippen MR) is 151 cm³/mol. The summed E-state index contributed by atoms with van der Waals surface area (Å²) in [7, 11) is 0. The van der Waals surface area contributed by atoms with Crippen molar-refractivity contribution in [1.29, 1.82) is 0 Å². The lowest BCUT2D eigenvalue weighted by Crippen LogP contribution is -2.61. The first-order valence-corrected chi connectivity index (χ1v) is 13.6. The second-order valence-corrected chi connectivity index (χ2v) is 9.81. The molecule has 1 N–H and O–H groups in total. The van der Waals surface area contributed by atoms with E-state index in [4.69, 9.17) is 28.1 Å². The number of furan rings is 1. The summed E-state index contributed by atoms with van der Waals surface area (Å²) in [6.45, 7) is 1.27. The van der Waals surface area contributed by atoms with Crippen LogP contribution in [0.15, 0.2) is 108 Å². The summed E-state index contributed by atoms with van der Waals surface area (Å²) in [5.74, 6) is -2.14. The Morgan fingerprint density at radius 1 is 0.651 bits per heavy atom. The molecule has 1 saturated heterocycles. The van der Waals surface area contributed by atoms with Gasteiger partial charge in [-0.2, -0.15) is 0 Å². The highest BCUT2D eigenvalue weighted by molar-refractivity contribution is 5.91. The van der Waals surface area contributed by atoms with E-state index >= 15 is 0 Å². The smallest absolute Gasteiger partial charge is 0.338 e. The predicted octanol–water partition coefficient (Wildman–Crippen LogP) is 4.71. The number of ether oxygens (including phenoxy) is 5. The summed E-state index contributed by atoms with van der Waals surface area (Å²) in [6.07, 6.45) is -3.20. The SMILES string of the molecule is CC1OC(OCc2cocc2CO)C(OC(=O)c2ccccc2)C(OC(=O)c2ccccc2)C1OC(=O)c1ccccc1. The van der Waals surface area contributed by atoms with Gasteiger partial charge in [-0.25, -0.2) is 14.4 Å². The molecule has 5 atom stereocenters. The van der Waals surface area contributed by atoms with Crippen LogP contribution in [0.3, 0.4) is 0 Å². The van der Waals surface area contributed by atoms with Crippen LogP contribution in [0.5, 0.6) is 0 Å². The minimum absolute atomic E-state index is 0.0863. The van der Waals surface area contributed by atoms with Crippen LogP contribution in [-0.2, 0) is 36.9 Å². The van der Waals surface area contributed by atoms with Crippen molar-refractivity contribution in [3.63, 3.8) is 0 Å². The molecular formula is C33H30O10. The van der Waals surface area contributed by atoms with Gasteiger partial charge in [-0.3, -0.25) is 0 Å². The fraction of sp³-hybridized carbons (Fsp3) is 0.242. The Morgan fingerprint density at radius 2 is 1.09 bits per heavy atom. The first kappa shape index (κ1) is 29.7. The highest BCUT2D eigenvalue weighted by Crippen LogP contribution is 2.32. The molecular weight excluding hydrogens is 556 g/mol. The summed E-state index contributed by atoms with van der Waals surface area (Å²) in [5, 5.41) is 9.62. The van der Waals surface area contributed by atoms with Crippen molar-refractivity contribution in [2.75, 3.05) is 0 Å². The largest absolute Gasteiger partial charge is 0.472 e. The third kappa shape index (κ3) is 7.18. The molecule has 3 aromatic carbocycles. The molecule has 1 aliphatic heterocycles. The Hall–Kier alpha value is -4.77. The minimum atomic E-state index is -1.37. The number of rotatable bonds is 10. The first-order valence-electron chi connectivity index (χ1n) is 13.6. The Balaban J connectivity index is 1.49. The fourth-order valence-corrected chi connectivity index (χ4v) is 4.61. The molecule has 0 radical (unpaired) electrons. The Kier molecular flexibility index (Phi) is 9.63. The van der Waals surface area contributed by atoms with Crippen molar-refractivity contribution < 1.29 is 47.6 Å². The van der Waals surface area contributed by atoms with E-state index < -0.39 is 48.6 Å². The zero-order chi connectivity index (χ0) is 30.2. The Morgan fingerprint density at radius 3 is 1.58 bits per heavy atom. The molecule has 43 heavy (non-hydrogen) atoms. The van der Waals surface area contributed by atoms with E-state index in [1.54, 1.807) is 97.9 Å². The second-order valence-electron chi connectivity index (χ2n) is 9.81. The first-order chi connectivity index (χ1) is 20.9. The standard InChI is InChI=1S/C33H30O10/c1-21-27(41-30(35)22-11-5-2-6-12-22)28(42-31(36)23-13-7-3-8-14-23)29(43-32(37)24-15-9-4-10-16-24)33(40-21)39-20-26-19-38-18-25(26)17-34/h2-16,18-19,21,27-29,33-34H,17,20H2,1H3. The summed E-state index contributed by atoms with van der Waals surface area (Å²) >= 11 is 0. The molecule has 5 unspecified atom stereocenters. The molecule has 10 nitrogen and oxygen atoms in total. The van der Waals surface area contributed by atoms with E-state index in [1.807, 2.05) is 0 Å². The van der Waals surface area contributed by atoms with Gasteiger partial charge < -0.3 is 33.2 Å². The molecule has 1 aliphatic rings. The lowest BCUT2D eigenvalue weighted by Gasteiger charge is -2.43. The van der Waals surface area contributed by atoms with Crippen LogP contribution in [0.4, 0.5) is 0 Å². The maximum Gasteiger partial charge on any atom is 0.338 e. The number of aliphatic hydroxyl groups excluding tert-OH is 1. The molecule has 0 amide bonds. The zero-order valence-corrected chi connectivity index (χ0v) is 23.2. The van der Waals surface area contributed by atoms with Crippen molar-refractivity contribution in [1.82, 2.24) is 0 Å². The molecule has 5 rings (SSSR count). The normalized spacial score (nSPS) is 21.5. The highest BCUT2D eigenvalue weighted by atomic mass is 16.7. The van der Waals surface area contributed by atoms with E-state index in [0.29, 0.717) is 11.1 Å². The molecule has 0 aliphatic carbocycles. The van der Waals surface area contributed by atoms with Crippen LogP contribution in [0.2, 0.25) is 0 Å². The number of benzene rings is 3. The van der Waals surface area contributed by atoms with Crippen LogP contribution < -0.4 is 0 Å². The molecule has 1 aromatic heterocycles. The summed E-state index contributed by atoms with van der Waals surface area (Å²) < 4.78 is 35.0. The van der Waals surface area contributed by atoms with Gasteiger partial charge in [0.25, 0.3) is 0 Å². The van der Waals surface area contributed by atoms with Crippen LogP contribution >= 0.6 is 0 Å². The lowest BCUT2D eigenvalue weighted by atomic mass is 9.98. The van der Waals surface area contributed by atoms with Gasteiger partial charge in [0.1, 0.15) is 0 Å². The maximum atomic E-state index is 13.3. The van der Waals surface area contributed by atoms with E-state index in [1.165, 1.54) is 12.5 Å². The van der Waals surface area contributed by atoms with Gasteiger partial charge in [-0.15, -0.1) is 0 Å². The third-order valence-electron chi connectivity index (χ3n) is 6.89. The van der Waals surface area contributed by atoms with Crippen molar-refractivity contribution in [3.8, 4) is 0 Å². The molecule has 4 aromatic rings. The average molecular weight is 587 g/mol. The van der Waals surface area contributed by atoms with Crippen molar-refractivity contribution in [2.45, 2.75) is 50.8 Å². The van der Waals surface area contributed by atoms with Gasteiger partial charge in [0.05, 0.1) is 48.5 Å². The highest BCUT2D eigenvalue weighted by Gasteiger charge is 2.52. The Labute approximate surface area is 247 Å². The topological polar surface area (TPSA) is 131 Å². The van der Waals surface area contributed by atoms with E-state index in [9.17, 15) is 19.5 Å². The number of esters is 3. The van der Waals surface area contributed by atoms with E-state index in [0.717, 1.165) is 0 Å². The quantitative estimate of drug-likeness (QED) is 0.206. The third-order valence-corrected chi connectivity index (χ3v) is 6.89. The molecule has 10 heteroatoms. The monoisotopic (exact) mass is 586 g/mol. The fourth-order valence-electron chi connectivity index (χ4n) is 4.61. The molecule has 222 valence electrons. The van der Waals surface area contributed by atoms with Gasteiger partial charge in [0.15, 0.2) is 24.6 Å². The van der Waals surface area contributed by atoms with Crippen LogP contribution in [0.25, 0.3) is 0 Å². The minimum Gasteiger partial charge on any atom is -0.472 e. The zero-order valence-electron chi connectivity index (χ0n) is 23.2. The average Bonchev–Trinajstić information content (AvgIpc) is 3.51. The summed E-state index contributed by atoms with van der Waals surface area (Å²) in [4.78, 5) is 39.8. The van der Waals surface area contributed by atoms with Gasteiger partial charge in [0, 0.05) is 11.1 Å². The van der Waals surface area contributed by atoms with Crippen LogP contribution in [-0.4, -0.2) is 53.7 Å². The van der Waals surface area contributed by atoms with Crippen molar-refractivity contribution >= 4 is 17.9 Å². The van der Waals surface area contributed by atoms with Crippen molar-refractivity contribution in [3.05, 3.63) is 131 Å². The number of hydrogen-bond acceptors (Lipinski definition) is 10. The Bertz CT molecular complexity index is 1500. The van der Waals surface area contributed by atoms with Gasteiger partial charge in [-0.1, -0.05) is 54.6 Å². The van der Waals surface area contributed by atoms with Crippen LogP contribution in [0.1, 0.15) is 49.1 Å². The number of carbonyl (C=O) groups excluding carboxylic acids is 3. The molecule has 0 spiro atoms. The number of carbonyl (C=O) groups is 3. The van der Waals surface area contributed by atoms with Crippen LogP contribution in [0, 0.1) is 0 Å². The summed E-state index contributed by atoms with van der Waals surface area (Å²) in [5.41, 5.74) is 1.80. The molecule has 0 saturated carbocycles. The van der Waals surface area contributed by atoms with Gasteiger partial charge in [-0.05, 0) is 43.3 Å². The number of hydrogen-bond donors (Lipinski definition) is 1. The molecule has 1 fully saturated rings. The lowest BCUT2D eigenvalue weighted by molar-refractivity contribution is -0.294. The summed E-state index contributed by atoms with van der Waals surface area (Å²) in [6, 6.07) is 24.8. The van der Waals surface area contributed by atoms with Crippen molar-refractivity contribution in [2.24, 2.45) is 0 Å². The maximum absolute atomic E-state index is 13.3. The van der Waals surface area contributed by atoms with Gasteiger partial charge >= 0.3 is 17.9 Å².